The molecule has 0 radical (unpaired) electrons. The van der Waals surface area contributed by atoms with Crippen LogP contribution in [0.2, 0.25) is 5.02 Å². The number of carbonyl (C=O) groups is 1. The number of nitrogens with zero attached hydrogens (tertiary/aromatic N) is 2. The van der Waals surface area contributed by atoms with E-state index in [1.165, 1.54) is 18.2 Å². The summed E-state index contributed by atoms with van der Waals surface area (Å²) in [5.74, 6) is -0.927. The first kappa shape index (κ1) is 14.9. The first-order valence-corrected chi connectivity index (χ1v) is 7.12. The largest absolute Gasteiger partial charge is 0.507 e. The summed E-state index contributed by atoms with van der Waals surface area (Å²) in [6.45, 7) is -0.0640. The van der Waals surface area contributed by atoms with Crippen LogP contribution in [0.5, 0.6) is 5.75 Å². The number of phenols is 1. The van der Waals surface area contributed by atoms with Crippen molar-refractivity contribution in [1.82, 2.24) is 4.40 Å². The highest BCUT2D eigenvalue weighted by molar-refractivity contribution is 6.30. The second-order valence-electron chi connectivity index (χ2n) is 4.87. The molecule has 3 rings (SSSR count). The van der Waals surface area contributed by atoms with Gasteiger partial charge in [0, 0.05) is 23.0 Å². The minimum Gasteiger partial charge on any atom is -0.507 e. The molecule has 6 heteroatoms. The van der Waals surface area contributed by atoms with Crippen LogP contribution in [0.1, 0.15) is 21.5 Å². The van der Waals surface area contributed by atoms with Crippen LogP contribution in [-0.2, 0) is 11.3 Å². The summed E-state index contributed by atoms with van der Waals surface area (Å²) in [4.78, 5) is 12.0. The number of hydrogen-bond donors (Lipinski definition) is 1. The predicted molar refractivity (Wildman–Crippen MR) is 84.3 cm³/mol. The fourth-order valence-corrected chi connectivity index (χ4v) is 2.48. The van der Waals surface area contributed by atoms with E-state index in [-0.39, 0.29) is 17.9 Å². The summed E-state index contributed by atoms with van der Waals surface area (Å²) in [7, 11) is 0. The molecule has 23 heavy (non-hydrogen) atoms. The smallest absolute Gasteiger partial charge is 0.342 e. The summed E-state index contributed by atoms with van der Waals surface area (Å²) < 4.78 is 6.99. The van der Waals surface area contributed by atoms with Crippen LogP contribution in [0, 0.1) is 11.3 Å². The zero-order valence-electron chi connectivity index (χ0n) is 11.9. The molecule has 3 aromatic rings. The number of aromatic nitrogens is 1. The number of halogens is 1. The standard InChI is InChI=1S/C17H11ClN2O3/c18-12-4-5-13(16(21)7-12)17(22)23-10-11-9-20-6-2-1-3-15(20)14(11)8-19/h1-7,9,21H,10H2. The summed E-state index contributed by atoms with van der Waals surface area (Å²) in [5, 5.41) is 19.4. The summed E-state index contributed by atoms with van der Waals surface area (Å²) >= 11 is 5.73. The van der Waals surface area contributed by atoms with Crippen molar-refractivity contribution in [3.05, 3.63) is 70.5 Å². The molecule has 2 aromatic heterocycles. The molecule has 0 spiro atoms. The Bertz CT molecular complexity index is 941. The lowest BCUT2D eigenvalue weighted by atomic mass is 10.2. The molecular weight excluding hydrogens is 316 g/mol. The summed E-state index contributed by atoms with van der Waals surface area (Å²) in [6.07, 6.45) is 3.55. The maximum atomic E-state index is 12.0. The molecule has 0 atom stereocenters. The van der Waals surface area contributed by atoms with E-state index in [0.717, 1.165) is 5.52 Å². The van der Waals surface area contributed by atoms with Crippen LogP contribution >= 0.6 is 11.6 Å². The van der Waals surface area contributed by atoms with Gasteiger partial charge in [-0.1, -0.05) is 17.7 Å². The number of benzene rings is 1. The fourth-order valence-electron chi connectivity index (χ4n) is 2.31. The first-order chi connectivity index (χ1) is 11.1. The van der Waals surface area contributed by atoms with Gasteiger partial charge in [0.25, 0.3) is 0 Å². The van der Waals surface area contributed by atoms with Gasteiger partial charge in [0.15, 0.2) is 0 Å². The van der Waals surface area contributed by atoms with Crippen molar-refractivity contribution in [2.24, 2.45) is 0 Å². The quantitative estimate of drug-likeness (QED) is 0.747. The number of fused-ring (bicyclic) bond motifs is 1. The minimum atomic E-state index is -0.682. The van der Waals surface area contributed by atoms with Gasteiger partial charge in [-0.05, 0) is 30.3 Å². The molecule has 114 valence electrons. The maximum Gasteiger partial charge on any atom is 0.342 e. The van der Waals surface area contributed by atoms with Crippen molar-refractivity contribution in [2.75, 3.05) is 0 Å². The van der Waals surface area contributed by atoms with Crippen molar-refractivity contribution in [3.8, 4) is 11.8 Å². The molecule has 0 aliphatic carbocycles. The third kappa shape index (κ3) is 2.85. The molecule has 1 aromatic carbocycles. The Hall–Kier alpha value is -2.97. The van der Waals surface area contributed by atoms with Crippen molar-refractivity contribution in [1.29, 1.82) is 5.26 Å². The van der Waals surface area contributed by atoms with Gasteiger partial charge in [0.2, 0.25) is 0 Å². The molecule has 1 N–H and O–H groups in total. The van der Waals surface area contributed by atoms with E-state index in [2.05, 4.69) is 6.07 Å². The molecule has 0 aliphatic heterocycles. The predicted octanol–water partition coefficient (Wildman–Crippen LogP) is 3.53. The zero-order chi connectivity index (χ0) is 16.4. The Balaban J connectivity index is 1.83. The minimum absolute atomic E-state index is 0.0247. The highest BCUT2D eigenvalue weighted by atomic mass is 35.5. The molecule has 0 saturated heterocycles. The highest BCUT2D eigenvalue weighted by Gasteiger charge is 2.16. The van der Waals surface area contributed by atoms with Gasteiger partial charge in [-0.25, -0.2) is 4.79 Å². The van der Waals surface area contributed by atoms with Gasteiger partial charge in [-0.15, -0.1) is 0 Å². The number of aromatic hydroxyl groups is 1. The normalized spacial score (nSPS) is 10.4. The van der Waals surface area contributed by atoms with Crippen LogP contribution in [0.4, 0.5) is 0 Å². The number of carbonyl (C=O) groups excluding carboxylic acids is 1. The van der Waals surface area contributed by atoms with Gasteiger partial charge in [0.1, 0.15) is 24.0 Å². The number of ether oxygens (including phenoxy) is 1. The fraction of sp³-hybridized carbons (Fsp3) is 0.0588. The Labute approximate surface area is 136 Å². The van der Waals surface area contributed by atoms with E-state index in [9.17, 15) is 15.2 Å². The second kappa shape index (κ2) is 6.03. The topological polar surface area (TPSA) is 74.7 Å². The van der Waals surface area contributed by atoms with Gasteiger partial charge >= 0.3 is 5.97 Å². The average molecular weight is 327 g/mol. The Morgan fingerprint density at radius 2 is 2.17 bits per heavy atom. The first-order valence-electron chi connectivity index (χ1n) is 6.74. The molecule has 2 heterocycles. The summed E-state index contributed by atoms with van der Waals surface area (Å²) in [6, 6.07) is 11.8. The van der Waals surface area contributed by atoms with Gasteiger partial charge in [-0.2, -0.15) is 5.26 Å². The lowest BCUT2D eigenvalue weighted by Gasteiger charge is -2.06. The SMILES string of the molecule is N#Cc1c(COC(=O)c2ccc(Cl)cc2O)cn2ccccc12. The lowest BCUT2D eigenvalue weighted by molar-refractivity contribution is 0.0469. The molecule has 0 amide bonds. The van der Waals surface area contributed by atoms with Crippen LogP contribution in [0.3, 0.4) is 0 Å². The number of rotatable bonds is 3. The Kier molecular flexibility index (Phi) is 3.92. The Morgan fingerprint density at radius 3 is 2.91 bits per heavy atom. The lowest BCUT2D eigenvalue weighted by Crippen LogP contribution is -2.05. The van der Waals surface area contributed by atoms with E-state index in [0.29, 0.717) is 16.1 Å². The molecule has 5 nitrogen and oxygen atoms in total. The van der Waals surface area contributed by atoms with Gasteiger partial charge in [-0.3, -0.25) is 0 Å². The number of phenolic OH excluding ortho intramolecular Hbond substituents is 1. The van der Waals surface area contributed by atoms with Crippen LogP contribution in [0.15, 0.2) is 48.8 Å². The highest BCUT2D eigenvalue weighted by Crippen LogP contribution is 2.24. The molecule has 0 saturated carbocycles. The molecule has 0 aliphatic rings. The van der Waals surface area contributed by atoms with Gasteiger partial charge in [0.05, 0.1) is 11.1 Å². The zero-order valence-corrected chi connectivity index (χ0v) is 12.6. The monoisotopic (exact) mass is 326 g/mol. The second-order valence-corrected chi connectivity index (χ2v) is 5.31. The average Bonchev–Trinajstić information content (AvgIpc) is 2.90. The van der Waals surface area contributed by atoms with Crippen LogP contribution in [-0.4, -0.2) is 15.5 Å². The number of pyridine rings is 1. The van der Waals surface area contributed by atoms with E-state index in [1.807, 2.05) is 24.4 Å². The number of esters is 1. The molecular formula is C17H11ClN2O3. The number of hydrogen-bond acceptors (Lipinski definition) is 4. The molecule has 0 fully saturated rings. The van der Waals surface area contributed by atoms with E-state index < -0.39 is 5.97 Å². The van der Waals surface area contributed by atoms with Gasteiger partial charge < -0.3 is 14.2 Å². The van der Waals surface area contributed by atoms with Crippen molar-refractivity contribution >= 4 is 23.1 Å². The van der Waals surface area contributed by atoms with E-state index in [1.54, 1.807) is 10.6 Å². The van der Waals surface area contributed by atoms with E-state index >= 15 is 0 Å². The maximum absolute atomic E-state index is 12.0. The number of nitriles is 1. The van der Waals surface area contributed by atoms with Crippen LogP contribution in [0.25, 0.3) is 5.52 Å². The molecule has 0 unspecified atom stereocenters. The van der Waals surface area contributed by atoms with Crippen molar-refractivity contribution in [2.45, 2.75) is 6.61 Å². The van der Waals surface area contributed by atoms with Crippen LogP contribution < -0.4 is 0 Å². The Morgan fingerprint density at radius 1 is 1.35 bits per heavy atom. The third-order valence-electron chi connectivity index (χ3n) is 3.41. The van der Waals surface area contributed by atoms with E-state index in [4.69, 9.17) is 16.3 Å². The van der Waals surface area contributed by atoms with Crippen molar-refractivity contribution < 1.29 is 14.6 Å². The van der Waals surface area contributed by atoms with Crippen molar-refractivity contribution in [3.63, 3.8) is 0 Å². The third-order valence-corrected chi connectivity index (χ3v) is 3.65. The summed E-state index contributed by atoms with van der Waals surface area (Å²) in [5.41, 5.74) is 1.83. The molecule has 0 bridgehead atoms.